The molecule has 0 radical (unpaired) electrons. The molecule has 3 N–H and O–H groups in total. The van der Waals surface area contributed by atoms with Crippen molar-refractivity contribution in [3.63, 3.8) is 0 Å². The average Bonchev–Trinajstić information content (AvgIpc) is 2.66. The highest BCUT2D eigenvalue weighted by molar-refractivity contribution is 5.95. The van der Waals surface area contributed by atoms with E-state index in [2.05, 4.69) is 10.6 Å². The Bertz CT molecular complexity index is 923. The summed E-state index contributed by atoms with van der Waals surface area (Å²) in [6, 6.07) is 10.2. The number of amides is 2. The monoisotopic (exact) mass is 382 g/mol. The number of hydrogen-bond acceptors (Lipinski definition) is 4. The normalized spacial score (nSPS) is 12.7. The molecule has 0 spiro atoms. The van der Waals surface area contributed by atoms with Gasteiger partial charge in [-0.2, -0.15) is 0 Å². The van der Waals surface area contributed by atoms with Gasteiger partial charge in [-0.15, -0.1) is 0 Å². The molecule has 0 saturated carbocycles. The van der Waals surface area contributed by atoms with Crippen molar-refractivity contribution < 1.29 is 24.2 Å². The summed E-state index contributed by atoms with van der Waals surface area (Å²) in [5.41, 5.74) is 3.30. The second kappa shape index (κ2) is 8.56. The van der Waals surface area contributed by atoms with Crippen LogP contribution in [0.4, 0.5) is 11.4 Å². The largest absolute Gasteiger partial charge is 0.494 e. The SMILES string of the molecule is Cc1ccc(C(=O)O)cc1NC(=O)CCCOc1ccc2c(c1)CCC(=O)N2. The zero-order valence-electron chi connectivity index (χ0n) is 15.6. The summed E-state index contributed by atoms with van der Waals surface area (Å²) in [6.07, 6.45) is 1.95. The van der Waals surface area contributed by atoms with Crippen molar-refractivity contribution in [3.05, 3.63) is 53.1 Å². The van der Waals surface area contributed by atoms with Gasteiger partial charge in [-0.1, -0.05) is 6.07 Å². The smallest absolute Gasteiger partial charge is 0.335 e. The fourth-order valence-electron chi connectivity index (χ4n) is 2.97. The van der Waals surface area contributed by atoms with Gasteiger partial charge >= 0.3 is 5.97 Å². The third kappa shape index (κ3) is 4.88. The van der Waals surface area contributed by atoms with Crippen molar-refractivity contribution in [1.29, 1.82) is 0 Å². The Hall–Kier alpha value is -3.35. The lowest BCUT2D eigenvalue weighted by Gasteiger charge is -2.17. The fraction of sp³-hybridized carbons (Fsp3) is 0.286. The summed E-state index contributed by atoms with van der Waals surface area (Å²) < 4.78 is 5.70. The Morgan fingerprint density at radius 1 is 1.18 bits per heavy atom. The standard InChI is InChI=1S/C21H22N2O5/c1-13-4-5-15(21(26)27)12-18(13)23-19(24)3-2-10-28-16-7-8-17-14(11-16)6-9-20(25)22-17/h4-5,7-8,11-12H,2-3,6,9-10H2,1H3,(H,22,25)(H,23,24)(H,26,27). The summed E-state index contributed by atoms with van der Waals surface area (Å²) >= 11 is 0. The highest BCUT2D eigenvalue weighted by Gasteiger charge is 2.15. The Morgan fingerprint density at radius 3 is 2.79 bits per heavy atom. The van der Waals surface area contributed by atoms with Crippen LogP contribution in [0.1, 0.15) is 40.7 Å². The van der Waals surface area contributed by atoms with E-state index in [1.807, 2.05) is 19.1 Å². The molecule has 146 valence electrons. The molecule has 28 heavy (non-hydrogen) atoms. The number of carbonyl (C=O) groups excluding carboxylic acids is 2. The van der Waals surface area contributed by atoms with Crippen molar-refractivity contribution in [2.24, 2.45) is 0 Å². The van der Waals surface area contributed by atoms with E-state index >= 15 is 0 Å². The molecular weight excluding hydrogens is 360 g/mol. The topological polar surface area (TPSA) is 105 Å². The third-order valence-electron chi connectivity index (χ3n) is 4.55. The van der Waals surface area contributed by atoms with Gasteiger partial charge in [-0.05, 0) is 61.2 Å². The fourth-order valence-corrected chi connectivity index (χ4v) is 2.97. The quantitative estimate of drug-likeness (QED) is 0.637. The van der Waals surface area contributed by atoms with Gasteiger partial charge in [-0.25, -0.2) is 4.79 Å². The molecule has 0 saturated heterocycles. The second-order valence-corrected chi connectivity index (χ2v) is 6.70. The van der Waals surface area contributed by atoms with Crippen LogP contribution in [-0.4, -0.2) is 29.5 Å². The van der Waals surface area contributed by atoms with Crippen molar-refractivity contribution >= 4 is 29.2 Å². The molecule has 0 aromatic heterocycles. The average molecular weight is 382 g/mol. The van der Waals surface area contributed by atoms with E-state index in [4.69, 9.17) is 9.84 Å². The number of carboxylic acids is 1. The number of fused-ring (bicyclic) bond motifs is 1. The molecule has 0 aliphatic carbocycles. The summed E-state index contributed by atoms with van der Waals surface area (Å²) in [7, 11) is 0. The second-order valence-electron chi connectivity index (χ2n) is 6.70. The number of anilines is 2. The van der Waals surface area contributed by atoms with Gasteiger partial charge in [0.05, 0.1) is 12.2 Å². The van der Waals surface area contributed by atoms with Gasteiger partial charge in [0.15, 0.2) is 0 Å². The van der Waals surface area contributed by atoms with Crippen LogP contribution in [0.15, 0.2) is 36.4 Å². The number of aromatic carboxylic acids is 1. The maximum absolute atomic E-state index is 12.1. The minimum absolute atomic E-state index is 0.0244. The molecule has 7 heteroatoms. The molecule has 0 bridgehead atoms. The number of nitrogens with one attached hydrogen (secondary N) is 2. The van der Waals surface area contributed by atoms with E-state index in [1.54, 1.807) is 12.1 Å². The van der Waals surface area contributed by atoms with Crippen molar-refractivity contribution in [2.75, 3.05) is 17.2 Å². The molecule has 2 amide bonds. The van der Waals surface area contributed by atoms with Crippen LogP contribution >= 0.6 is 0 Å². The Labute approximate surface area is 162 Å². The molecule has 7 nitrogen and oxygen atoms in total. The first kappa shape index (κ1) is 19.4. The lowest BCUT2D eigenvalue weighted by Crippen LogP contribution is -2.18. The number of aryl methyl sites for hydroxylation is 2. The number of carboxylic acid groups (broad SMARTS) is 1. The first-order valence-electron chi connectivity index (χ1n) is 9.12. The number of carbonyl (C=O) groups is 3. The molecule has 3 rings (SSSR count). The molecule has 0 atom stereocenters. The van der Waals surface area contributed by atoms with Crippen LogP contribution in [-0.2, 0) is 16.0 Å². The van der Waals surface area contributed by atoms with Crippen LogP contribution in [0.25, 0.3) is 0 Å². The third-order valence-corrected chi connectivity index (χ3v) is 4.55. The molecule has 1 aliphatic heterocycles. The van der Waals surface area contributed by atoms with Gasteiger partial charge in [0.1, 0.15) is 5.75 Å². The lowest BCUT2D eigenvalue weighted by molar-refractivity contribution is -0.117. The predicted octanol–water partition coefficient (Wildman–Crippen LogP) is 3.38. The Kier molecular flexibility index (Phi) is 5.93. The van der Waals surface area contributed by atoms with Crippen LogP contribution < -0.4 is 15.4 Å². The van der Waals surface area contributed by atoms with Crippen LogP contribution in [0.3, 0.4) is 0 Å². The van der Waals surface area contributed by atoms with Gasteiger partial charge in [0.2, 0.25) is 11.8 Å². The molecule has 1 heterocycles. The minimum atomic E-state index is -1.03. The number of benzene rings is 2. The highest BCUT2D eigenvalue weighted by atomic mass is 16.5. The molecule has 1 aliphatic rings. The van der Waals surface area contributed by atoms with Gasteiger partial charge in [-0.3, -0.25) is 9.59 Å². The van der Waals surface area contributed by atoms with Crippen molar-refractivity contribution in [2.45, 2.75) is 32.6 Å². The molecule has 2 aromatic rings. The summed E-state index contributed by atoms with van der Waals surface area (Å²) in [5.74, 6) is -0.493. The Morgan fingerprint density at radius 2 is 2.00 bits per heavy atom. The molecule has 0 fully saturated rings. The maximum Gasteiger partial charge on any atom is 0.335 e. The Balaban J connectivity index is 1.47. The number of ether oxygens (including phenoxy) is 1. The zero-order chi connectivity index (χ0) is 20.1. The van der Waals surface area contributed by atoms with E-state index in [0.717, 1.165) is 16.8 Å². The van der Waals surface area contributed by atoms with Crippen LogP contribution in [0, 0.1) is 6.92 Å². The molecular formula is C21H22N2O5. The van der Waals surface area contributed by atoms with E-state index in [-0.39, 0.29) is 23.8 Å². The molecule has 2 aromatic carbocycles. The van der Waals surface area contributed by atoms with Crippen LogP contribution in [0.5, 0.6) is 5.75 Å². The van der Waals surface area contributed by atoms with E-state index in [9.17, 15) is 14.4 Å². The van der Waals surface area contributed by atoms with E-state index in [1.165, 1.54) is 12.1 Å². The highest BCUT2D eigenvalue weighted by Crippen LogP contribution is 2.27. The minimum Gasteiger partial charge on any atom is -0.494 e. The van der Waals surface area contributed by atoms with Gasteiger partial charge in [0, 0.05) is 24.2 Å². The zero-order valence-corrected chi connectivity index (χ0v) is 15.6. The van der Waals surface area contributed by atoms with E-state index in [0.29, 0.717) is 37.3 Å². The number of rotatable bonds is 7. The van der Waals surface area contributed by atoms with Crippen molar-refractivity contribution in [1.82, 2.24) is 0 Å². The van der Waals surface area contributed by atoms with Gasteiger partial charge in [0.25, 0.3) is 0 Å². The van der Waals surface area contributed by atoms with Crippen LogP contribution in [0.2, 0.25) is 0 Å². The summed E-state index contributed by atoms with van der Waals surface area (Å²) in [5, 5.41) is 14.6. The van der Waals surface area contributed by atoms with E-state index < -0.39 is 5.97 Å². The van der Waals surface area contributed by atoms with Gasteiger partial charge < -0.3 is 20.5 Å². The first-order valence-corrected chi connectivity index (χ1v) is 9.12. The number of hydrogen-bond donors (Lipinski definition) is 3. The lowest BCUT2D eigenvalue weighted by atomic mass is 10.0. The summed E-state index contributed by atoms with van der Waals surface area (Å²) in [6.45, 7) is 2.19. The first-order chi connectivity index (χ1) is 13.4. The molecule has 0 unspecified atom stereocenters. The maximum atomic E-state index is 12.1. The van der Waals surface area contributed by atoms with Crippen molar-refractivity contribution in [3.8, 4) is 5.75 Å². The summed E-state index contributed by atoms with van der Waals surface area (Å²) in [4.78, 5) is 34.6. The predicted molar refractivity (Wildman–Crippen MR) is 105 cm³/mol.